The van der Waals surface area contributed by atoms with Crippen LogP contribution < -0.4 is 4.74 Å². The van der Waals surface area contributed by atoms with Crippen LogP contribution in [0, 0.1) is 11.6 Å². The van der Waals surface area contributed by atoms with Gasteiger partial charge >= 0.3 is 0 Å². The molecule has 1 aliphatic rings. The Morgan fingerprint density at radius 1 is 1.12 bits per heavy atom. The number of nitrogens with zero attached hydrogens (tertiary/aromatic N) is 1. The van der Waals surface area contributed by atoms with Crippen LogP contribution in [0.25, 0.3) is 5.57 Å². The van der Waals surface area contributed by atoms with E-state index in [1.165, 1.54) is 17.7 Å². The monoisotopic (exact) mass is 345 g/mol. The molecule has 0 atom stereocenters. The Hall–Kier alpha value is -2.24. The predicted molar refractivity (Wildman–Crippen MR) is 93.8 cm³/mol. The molecule has 1 saturated heterocycles. The van der Waals surface area contributed by atoms with Crippen molar-refractivity contribution in [2.45, 2.75) is 6.92 Å². The summed E-state index contributed by atoms with van der Waals surface area (Å²) in [6, 6.07) is 10.7. The number of halogens is 2. The van der Waals surface area contributed by atoms with E-state index in [-0.39, 0.29) is 5.75 Å². The standard InChI is InChI=1S/C20H21F2NO2/c1-15(8-9-23-10-12-24-13-11-23)16-2-5-18(6-3-16)25-20-7-4-17(21)14-19(20)22/h2-8,14H,9-13H2,1H3/b15-8-. The lowest BCUT2D eigenvalue weighted by molar-refractivity contribution is 0.0435. The summed E-state index contributed by atoms with van der Waals surface area (Å²) in [5.74, 6) is -0.823. The maximum atomic E-state index is 13.6. The van der Waals surface area contributed by atoms with E-state index in [1.54, 1.807) is 12.1 Å². The van der Waals surface area contributed by atoms with E-state index in [0.717, 1.165) is 44.5 Å². The number of morpholine rings is 1. The smallest absolute Gasteiger partial charge is 0.168 e. The van der Waals surface area contributed by atoms with Crippen LogP contribution in [0.1, 0.15) is 12.5 Å². The van der Waals surface area contributed by atoms with Crippen LogP contribution in [0.3, 0.4) is 0 Å². The minimum absolute atomic E-state index is 0.00808. The predicted octanol–water partition coefficient (Wildman–Crippen LogP) is 4.49. The third-order valence-corrected chi connectivity index (χ3v) is 4.19. The Kier molecular flexibility index (Phi) is 5.79. The molecule has 3 rings (SSSR count). The van der Waals surface area contributed by atoms with Gasteiger partial charge in [0.2, 0.25) is 0 Å². The maximum Gasteiger partial charge on any atom is 0.168 e. The van der Waals surface area contributed by atoms with E-state index in [9.17, 15) is 8.78 Å². The topological polar surface area (TPSA) is 21.7 Å². The molecule has 0 amide bonds. The molecule has 132 valence electrons. The molecule has 5 heteroatoms. The molecule has 2 aromatic rings. The first-order chi connectivity index (χ1) is 12.1. The third kappa shape index (κ3) is 4.87. The fraction of sp³-hybridized carbons (Fsp3) is 0.300. The second kappa shape index (κ2) is 8.23. The summed E-state index contributed by atoms with van der Waals surface area (Å²) in [5, 5.41) is 0. The second-order valence-corrected chi connectivity index (χ2v) is 6.00. The lowest BCUT2D eigenvalue weighted by Gasteiger charge is -2.25. The number of hydrogen-bond acceptors (Lipinski definition) is 3. The number of benzene rings is 2. The van der Waals surface area contributed by atoms with Gasteiger partial charge in [-0.15, -0.1) is 0 Å². The SMILES string of the molecule is C/C(=C/CN1CCOCC1)c1ccc(Oc2ccc(F)cc2F)cc1. The molecule has 1 aliphatic heterocycles. The molecule has 0 unspecified atom stereocenters. The van der Waals surface area contributed by atoms with Crippen molar-refractivity contribution in [3.63, 3.8) is 0 Å². The Morgan fingerprint density at radius 2 is 1.84 bits per heavy atom. The highest BCUT2D eigenvalue weighted by Gasteiger charge is 2.09. The summed E-state index contributed by atoms with van der Waals surface area (Å²) in [7, 11) is 0. The maximum absolute atomic E-state index is 13.6. The van der Waals surface area contributed by atoms with Crippen LogP contribution in [0.15, 0.2) is 48.5 Å². The summed E-state index contributed by atoms with van der Waals surface area (Å²) >= 11 is 0. The van der Waals surface area contributed by atoms with Gasteiger partial charge in [0.1, 0.15) is 11.6 Å². The van der Waals surface area contributed by atoms with E-state index in [4.69, 9.17) is 9.47 Å². The summed E-state index contributed by atoms with van der Waals surface area (Å²) in [4.78, 5) is 2.35. The first-order valence-electron chi connectivity index (χ1n) is 8.32. The highest BCUT2D eigenvalue weighted by Crippen LogP contribution is 2.26. The fourth-order valence-corrected chi connectivity index (χ4v) is 2.64. The normalized spacial score (nSPS) is 16.0. The first-order valence-corrected chi connectivity index (χ1v) is 8.32. The van der Waals surface area contributed by atoms with Gasteiger partial charge in [-0.25, -0.2) is 8.78 Å². The van der Waals surface area contributed by atoms with Crippen molar-refractivity contribution >= 4 is 5.57 Å². The van der Waals surface area contributed by atoms with Gasteiger partial charge in [-0.2, -0.15) is 0 Å². The summed E-state index contributed by atoms with van der Waals surface area (Å²) < 4.78 is 37.4. The fourth-order valence-electron chi connectivity index (χ4n) is 2.64. The second-order valence-electron chi connectivity index (χ2n) is 6.00. The molecule has 0 spiro atoms. The van der Waals surface area contributed by atoms with Crippen molar-refractivity contribution in [3.05, 3.63) is 65.7 Å². The van der Waals surface area contributed by atoms with Gasteiger partial charge in [-0.1, -0.05) is 18.2 Å². The van der Waals surface area contributed by atoms with Crippen LogP contribution in [-0.4, -0.2) is 37.7 Å². The lowest BCUT2D eigenvalue weighted by Crippen LogP contribution is -2.36. The quantitative estimate of drug-likeness (QED) is 0.797. The Labute approximate surface area is 146 Å². The summed E-state index contributed by atoms with van der Waals surface area (Å²) in [6.07, 6.45) is 2.20. The summed E-state index contributed by atoms with van der Waals surface area (Å²) in [5.41, 5.74) is 2.26. The van der Waals surface area contributed by atoms with Crippen molar-refractivity contribution in [2.75, 3.05) is 32.8 Å². The molecule has 1 fully saturated rings. The van der Waals surface area contributed by atoms with Crippen LogP contribution in [-0.2, 0) is 4.74 Å². The van der Waals surface area contributed by atoms with Crippen molar-refractivity contribution in [1.29, 1.82) is 0 Å². The Morgan fingerprint density at radius 3 is 2.52 bits per heavy atom. The first kappa shape index (κ1) is 17.6. The van der Waals surface area contributed by atoms with Crippen LogP contribution in [0.2, 0.25) is 0 Å². The number of ether oxygens (including phenoxy) is 2. The molecule has 25 heavy (non-hydrogen) atoms. The number of hydrogen-bond donors (Lipinski definition) is 0. The van der Waals surface area contributed by atoms with Gasteiger partial charge in [0.25, 0.3) is 0 Å². The van der Waals surface area contributed by atoms with E-state index in [2.05, 4.69) is 17.9 Å². The molecule has 0 bridgehead atoms. The lowest BCUT2D eigenvalue weighted by atomic mass is 10.1. The van der Waals surface area contributed by atoms with Crippen molar-refractivity contribution < 1.29 is 18.3 Å². The molecule has 0 N–H and O–H groups in total. The van der Waals surface area contributed by atoms with Gasteiger partial charge < -0.3 is 9.47 Å². The zero-order valence-corrected chi connectivity index (χ0v) is 14.2. The molecule has 0 aromatic heterocycles. The molecule has 0 aliphatic carbocycles. The Balaban J connectivity index is 1.62. The molecular formula is C20H21F2NO2. The summed E-state index contributed by atoms with van der Waals surface area (Å²) in [6.45, 7) is 6.46. The van der Waals surface area contributed by atoms with Crippen molar-refractivity contribution in [1.82, 2.24) is 4.90 Å². The average molecular weight is 345 g/mol. The van der Waals surface area contributed by atoms with Crippen LogP contribution in [0.4, 0.5) is 8.78 Å². The largest absolute Gasteiger partial charge is 0.454 e. The highest BCUT2D eigenvalue weighted by molar-refractivity contribution is 5.64. The zero-order valence-electron chi connectivity index (χ0n) is 14.2. The van der Waals surface area contributed by atoms with Crippen LogP contribution >= 0.6 is 0 Å². The van der Waals surface area contributed by atoms with Crippen molar-refractivity contribution in [3.8, 4) is 11.5 Å². The minimum atomic E-state index is -0.717. The molecule has 0 saturated carbocycles. The molecular weight excluding hydrogens is 324 g/mol. The van der Waals surface area contributed by atoms with Gasteiger partial charge in [0.15, 0.2) is 11.6 Å². The Bertz CT molecular complexity index is 738. The van der Waals surface area contributed by atoms with Gasteiger partial charge in [0.05, 0.1) is 13.2 Å². The van der Waals surface area contributed by atoms with Gasteiger partial charge in [-0.3, -0.25) is 4.90 Å². The zero-order chi connectivity index (χ0) is 17.6. The van der Waals surface area contributed by atoms with Crippen LogP contribution in [0.5, 0.6) is 11.5 Å². The molecule has 0 radical (unpaired) electrons. The molecule has 1 heterocycles. The third-order valence-electron chi connectivity index (χ3n) is 4.19. The van der Waals surface area contributed by atoms with Gasteiger partial charge in [0, 0.05) is 25.7 Å². The van der Waals surface area contributed by atoms with E-state index in [0.29, 0.717) is 5.75 Å². The molecule has 2 aromatic carbocycles. The van der Waals surface area contributed by atoms with E-state index < -0.39 is 11.6 Å². The highest BCUT2D eigenvalue weighted by atomic mass is 19.1. The van der Waals surface area contributed by atoms with Gasteiger partial charge in [-0.05, 0) is 42.3 Å². The molecule has 3 nitrogen and oxygen atoms in total. The average Bonchev–Trinajstić information content (AvgIpc) is 2.63. The minimum Gasteiger partial charge on any atom is -0.454 e. The van der Waals surface area contributed by atoms with Crippen molar-refractivity contribution in [2.24, 2.45) is 0 Å². The number of rotatable bonds is 5. The van der Waals surface area contributed by atoms with E-state index >= 15 is 0 Å². The van der Waals surface area contributed by atoms with E-state index in [1.807, 2.05) is 12.1 Å². The number of allylic oxidation sites excluding steroid dienone is 1.